The summed E-state index contributed by atoms with van der Waals surface area (Å²) in [5, 5.41) is 14.3. The van der Waals surface area contributed by atoms with Gasteiger partial charge in [0.25, 0.3) is 11.6 Å². The molecule has 4 rings (SSSR count). The lowest BCUT2D eigenvalue weighted by Gasteiger charge is -2.35. The van der Waals surface area contributed by atoms with Gasteiger partial charge in [0.05, 0.1) is 16.0 Å². The van der Waals surface area contributed by atoms with Crippen LogP contribution in [0.4, 0.5) is 11.4 Å². The highest BCUT2D eigenvalue weighted by Gasteiger charge is 2.33. The fourth-order valence-corrected chi connectivity index (χ4v) is 4.57. The first-order chi connectivity index (χ1) is 16.5. The first-order valence-electron chi connectivity index (χ1n) is 11.7. The summed E-state index contributed by atoms with van der Waals surface area (Å²) < 4.78 is 5.63. The Morgan fingerprint density at radius 1 is 1.17 bits per heavy atom. The number of fused-ring (bicyclic) bond motifs is 2. The molecule has 8 nitrogen and oxygen atoms in total. The third kappa shape index (κ3) is 5.16. The standard InChI is InChI=1S/C27H29N3O5/c1-16(25(31)28-18-8-7-9-19(15-18)30(33)34)35-26(32)24-20-10-5-6-11-22(20)29-23-13-12-17(14-21(23)24)27(2,3)4/h5-11,15-17H,12-14H2,1-4H3,(H,28,31)/t16-,17+/m1/s1. The average Bonchev–Trinajstić information content (AvgIpc) is 2.81. The molecular formula is C27H29N3O5. The number of carbonyl (C=O) groups excluding carboxylic acids is 2. The number of carbonyl (C=O) groups is 2. The van der Waals surface area contributed by atoms with Crippen molar-refractivity contribution in [2.45, 2.75) is 53.1 Å². The van der Waals surface area contributed by atoms with Gasteiger partial charge in [-0.25, -0.2) is 4.79 Å². The minimum atomic E-state index is -1.11. The van der Waals surface area contributed by atoms with E-state index in [1.54, 1.807) is 6.07 Å². The van der Waals surface area contributed by atoms with Crippen LogP contribution in [0.1, 0.15) is 55.7 Å². The Balaban J connectivity index is 1.61. The molecule has 0 aliphatic heterocycles. The maximum Gasteiger partial charge on any atom is 0.339 e. The number of ether oxygens (including phenoxy) is 1. The van der Waals surface area contributed by atoms with Crippen LogP contribution in [-0.2, 0) is 22.4 Å². The number of rotatable bonds is 5. The Morgan fingerprint density at radius 2 is 1.91 bits per heavy atom. The van der Waals surface area contributed by atoms with Crippen LogP contribution in [0.15, 0.2) is 48.5 Å². The lowest BCUT2D eigenvalue weighted by molar-refractivity contribution is -0.384. The molecule has 0 spiro atoms. The molecule has 0 bridgehead atoms. The highest BCUT2D eigenvalue weighted by atomic mass is 16.6. The fraction of sp³-hybridized carbons (Fsp3) is 0.370. The Morgan fingerprint density at radius 3 is 2.63 bits per heavy atom. The molecule has 1 aromatic heterocycles. The van der Waals surface area contributed by atoms with E-state index in [2.05, 4.69) is 26.1 Å². The molecule has 1 N–H and O–H groups in total. The summed E-state index contributed by atoms with van der Waals surface area (Å²) >= 11 is 0. The van der Waals surface area contributed by atoms with E-state index in [0.29, 0.717) is 16.9 Å². The molecule has 0 saturated carbocycles. The maximum absolute atomic E-state index is 13.5. The van der Waals surface area contributed by atoms with Crippen LogP contribution >= 0.6 is 0 Å². The van der Waals surface area contributed by atoms with E-state index in [9.17, 15) is 19.7 Å². The maximum atomic E-state index is 13.5. The first-order valence-corrected chi connectivity index (χ1v) is 11.7. The van der Waals surface area contributed by atoms with Crippen LogP contribution in [-0.4, -0.2) is 27.9 Å². The summed E-state index contributed by atoms with van der Waals surface area (Å²) in [6.07, 6.45) is 1.39. The Hall–Kier alpha value is -3.81. The molecule has 0 unspecified atom stereocenters. The van der Waals surface area contributed by atoms with Gasteiger partial charge < -0.3 is 10.1 Å². The summed E-state index contributed by atoms with van der Waals surface area (Å²) in [5.41, 5.74) is 3.19. The smallest absolute Gasteiger partial charge is 0.339 e. The second-order valence-corrected chi connectivity index (χ2v) is 10.1. The van der Waals surface area contributed by atoms with E-state index >= 15 is 0 Å². The molecule has 1 aliphatic rings. The van der Waals surface area contributed by atoms with Crippen molar-refractivity contribution in [1.29, 1.82) is 0 Å². The summed E-state index contributed by atoms with van der Waals surface area (Å²) in [6, 6.07) is 13.1. The number of anilines is 1. The predicted molar refractivity (Wildman–Crippen MR) is 133 cm³/mol. The van der Waals surface area contributed by atoms with E-state index in [-0.39, 0.29) is 16.8 Å². The van der Waals surface area contributed by atoms with Gasteiger partial charge in [-0.3, -0.25) is 19.9 Å². The Bertz CT molecular complexity index is 1310. The van der Waals surface area contributed by atoms with Gasteiger partial charge in [0.15, 0.2) is 6.10 Å². The third-order valence-electron chi connectivity index (χ3n) is 6.67. The molecule has 0 radical (unpaired) electrons. The van der Waals surface area contributed by atoms with Gasteiger partial charge in [0, 0.05) is 28.9 Å². The van der Waals surface area contributed by atoms with Gasteiger partial charge in [-0.05, 0) is 55.2 Å². The first kappa shape index (κ1) is 24.3. The van der Waals surface area contributed by atoms with Crippen LogP contribution in [0.2, 0.25) is 0 Å². The van der Waals surface area contributed by atoms with Crippen LogP contribution in [0.3, 0.4) is 0 Å². The highest BCUT2D eigenvalue weighted by Crippen LogP contribution is 2.39. The number of nitro groups is 1. The van der Waals surface area contributed by atoms with E-state index < -0.39 is 22.9 Å². The molecule has 1 amide bonds. The van der Waals surface area contributed by atoms with Crippen LogP contribution in [0.5, 0.6) is 0 Å². The van der Waals surface area contributed by atoms with Gasteiger partial charge >= 0.3 is 5.97 Å². The fourth-order valence-electron chi connectivity index (χ4n) is 4.57. The number of hydrogen-bond acceptors (Lipinski definition) is 6. The van der Waals surface area contributed by atoms with E-state index in [0.717, 1.165) is 36.0 Å². The van der Waals surface area contributed by atoms with Crippen molar-refractivity contribution in [3.8, 4) is 0 Å². The number of pyridine rings is 1. The van der Waals surface area contributed by atoms with Crippen LogP contribution < -0.4 is 5.32 Å². The summed E-state index contributed by atoms with van der Waals surface area (Å²) in [4.78, 5) is 41.5. The van der Waals surface area contributed by atoms with Crippen molar-refractivity contribution in [1.82, 2.24) is 4.98 Å². The largest absolute Gasteiger partial charge is 0.449 e. The number of non-ortho nitro benzene ring substituents is 1. The van der Waals surface area contributed by atoms with Crippen molar-refractivity contribution < 1.29 is 19.2 Å². The lowest BCUT2D eigenvalue weighted by Crippen LogP contribution is -2.32. The number of amides is 1. The van der Waals surface area contributed by atoms with Crippen molar-refractivity contribution in [2.24, 2.45) is 11.3 Å². The predicted octanol–water partition coefficient (Wildman–Crippen LogP) is 5.48. The number of aromatic nitrogens is 1. The molecule has 2 atom stereocenters. The molecule has 1 heterocycles. The zero-order valence-corrected chi connectivity index (χ0v) is 20.3. The molecule has 1 aliphatic carbocycles. The third-order valence-corrected chi connectivity index (χ3v) is 6.67. The topological polar surface area (TPSA) is 111 Å². The number of benzene rings is 2. The minimum Gasteiger partial charge on any atom is -0.449 e. The second kappa shape index (κ2) is 9.44. The van der Waals surface area contributed by atoms with Crippen LogP contribution in [0, 0.1) is 21.4 Å². The van der Waals surface area contributed by atoms with Crippen molar-refractivity contribution in [3.05, 3.63) is 75.5 Å². The number of hydrogen-bond donors (Lipinski definition) is 1. The molecule has 0 fully saturated rings. The Kier molecular flexibility index (Phi) is 6.56. The lowest BCUT2D eigenvalue weighted by atomic mass is 9.70. The number of para-hydroxylation sites is 1. The zero-order valence-electron chi connectivity index (χ0n) is 20.3. The van der Waals surface area contributed by atoms with Gasteiger partial charge in [-0.2, -0.15) is 0 Å². The molecule has 8 heteroatoms. The van der Waals surface area contributed by atoms with Gasteiger partial charge in [0.1, 0.15) is 0 Å². The van der Waals surface area contributed by atoms with Crippen molar-refractivity contribution in [3.63, 3.8) is 0 Å². The summed E-state index contributed by atoms with van der Waals surface area (Å²) in [7, 11) is 0. The molecule has 2 aromatic carbocycles. The minimum absolute atomic E-state index is 0.0793. The van der Waals surface area contributed by atoms with Gasteiger partial charge in [-0.15, -0.1) is 0 Å². The number of nitrogens with one attached hydrogen (secondary N) is 1. The van der Waals surface area contributed by atoms with E-state index in [4.69, 9.17) is 9.72 Å². The molecule has 35 heavy (non-hydrogen) atoms. The van der Waals surface area contributed by atoms with Crippen molar-refractivity contribution in [2.75, 3.05) is 5.32 Å². The quantitative estimate of drug-likeness (QED) is 0.297. The summed E-state index contributed by atoms with van der Waals surface area (Å²) in [6.45, 7) is 8.10. The molecule has 182 valence electrons. The van der Waals surface area contributed by atoms with Gasteiger partial charge in [-0.1, -0.05) is 45.0 Å². The second-order valence-electron chi connectivity index (χ2n) is 10.1. The van der Waals surface area contributed by atoms with Crippen LogP contribution in [0.25, 0.3) is 10.9 Å². The van der Waals surface area contributed by atoms with E-state index in [1.165, 1.54) is 25.1 Å². The normalized spacial score (nSPS) is 16.3. The molecule has 0 saturated heterocycles. The number of nitro benzene ring substituents is 1. The van der Waals surface area contributed by atoms with Crippen molar-refractivity contribution >= 4 is 34.2 Å². The molecule has 3 aromatic rings. The monoisotopic (exact) mass is 475 g/mol. The number of esters is 1. The zero-order chi connectivity index (χ0) is 25.3. The SMILES string of the molecule is C[C@@H](OC(=O)c1c2c(nc3ccccc13)CC[C@H](C(C)(C)C)C2)C(=O)Nc1cccc([N+](=O)[O-])c1. The number of aryl methyl sites for hydroxylation is 1. The molecular weight excluding hydrogens is 446 g/mol. The van der Waals surface area contributed by atoms with Gasteiger partial charge in [0.2, 0.25) is 0 Å². The average molecular weight is 476 g/mol. The number of nitrogens with zero attached hydrogens (tertiary/aromatic N) is 2. The highest BCUT2D eigenvalue weighted by molar-refractivity contribution is 6.06. The van der Waals surface area contributed by atoms with E-state index in [1.807, 2.05) is 24.3 Å². The summed E-state index contributed by atoms with van der Waals surface area (Å²) in [5.74, 6) is -0.756. The Labute approximate surface area is 203 Å².